The highest BCUT2D eigenvalue weighted by Crippen LogP contribution is 2.24. The van der Waals surface area contributed by atoms with E-state index in [4.69, 9.17) is 10.2 Å². The normalized spacial score (nSPS) is 10.7. The summed E-state index contributed by atoms with van der Waals surface area (Å²) in [5, 5.41) is 17.6. The van der Waals surface area contributed by atoms with Gasteiger partial charge in [-0.25, -0.2) is 0 Å². The second-order valence-electron chi connectivity index (χ2n) is 4.11. The van der Waals surface area contributed by atoms with Crippen LogP contribution in [0.4, 0.5) is 0 Å². The number of aliphatic hydroxyl groups is 2. The molecule has 0 spiro atoms. The van der Waals surface area contributed by atoms with E-state index in [9.17, 15) is 0 Å². The summed E-state index contributed by atoms with van der Waals surface area (Å²) in [5.41, 5.74) is 2.79. The lowest BCUT2D eigenvalue weighted by Crippen LogP contribution is -2.06. The predicted octanol–water partition coefficient (Wildman–Crippen LogP) is 2.50. The Labute approximate surface area is 87.7 Å². The molecule has 0 bridgehead atoms. The summed E-state index contributed by atoms with van der Waals surface area (Å²) < 4.78 is 0. The highest BCUT2D eigenvalue weighted by atomic mass is 16.3. The van der Waals surface area contributed by atoms with Gasteiger partial charge in [-0.15, -0.1) is 0 Å². The molecule has 0 unspecified atom stereocenters. The van der Waals surface area contributed by atoms with Gasteiger partial charge in [-0.3, -0.25) is 0 Å². The molecule has 0 aliphatic rings. The van der Waals surface area contributed by atoms with Crippen molar-refractivity contribution in [1.29, 1.82) is 0 Å². The molecule has 0 amide bonds. The Morgan fingerprint density at radius 1 is 0.929 bits per heavy atom. The minimum Gasteiger partial charge on any atom is -0.396 e. The maximum atomic E-state index is 8.80. The second kappa shape index (κ2) is 8.01. The van der Waals surface area contributed by atoms with Crippen LogP contribution in [0.25, 0.3) is 0 Å². The first-order valence-corrected chi connectivity index (χ1v) is 5.49. The van der Waals surface area contributed by atoms with E-state index in [0.29, 0.717) is 5.92 Å². The van der Waals surface area contributed by atoms with E-state index in [-0.39, 0.29) is 13.2 Å². The van der Waals surface area contributed by atoms with Crippen LogP contribution in [0, 0.1) is 5.92 Å². The Morgan fingerprint density at radius 2 is 1.36 bits per heavy atom. The summed E-state index contributed by atoms with van der Waals surface area (Å²) in [6.45, 7) is 6.95. The smallest absolute Gasteiger partial charge is 0.0431 e. The van der Waals surface area contributed by atoms with Crippen molar-refractivity contribution in [3.63, 3.8) is 0 Å². The molecule has 0 aliphatic carbocycles. The summed E-state index contributed by atoms with van der Waals surface area (Å²) in [6.07, 6.45) is 3.79. The summed E-state index contributed by atoms with van der Waals surface area (Å²) in [5.74, 6) is 0.541. The van der Waals surface area contributed by atoms with E-state index in [2.05, 4.69) is 20.8 Å². The zero-order valence-electron chi connectivity index (χ0n) is 9.71. The molecule has 0 atom stereocenters. The SMILES string of the molecule is CC(C)=C(C)C(CCCO)CCCO. The monoisotopic (exact) mass is 200 g/mol. The van der Waals surface area contributed by atoms with Gasteiger partial charge in [0.2, 0.25) is 0 Å². The van der Waals surface area contributed by atoms with E-state index in [0.717, 1.165) is 25.7 Å². The van der Waals surface area contributed by atoms with Crippen LogP contribution in [-0.2, 0) is 0 Å². The minimum absolute atomic E-state index is 0.270. The van der Waals surface area contributed by atoms with Crippen LogP contribution < -0.4 is 0 Å². The van der Waals surface area contributed by atoms with Crippen molar-refractivity contribution in [3.05, 3.63) is 11.1 Å². The molecule has 0 fully saturated rings. The molecule has 2 nitrogen and oxygen atoms in total. The van der Waals surface area contributed by atoms with Crippen molar-refractivity contribution in [2.24, 2.45) is 5.92 Å². The van der Waals surface area contributed by atoms with Gasteiger partial charge in [0.25, 0.3) is 0 Å². The van der Waals surface area contributed by atoms with Crippen molar-refractivity contribution in [2.45, 2.75) is 46.5 Å². The fourth-order valence-electron chi connectivity index (χ4n) is 1.66. The van der Waals surface area contributed by atoms with E-state index in [1.165, 1.54) is 11.1 Å². The van der Waals surface area contributed by atoms with Gasteiger partial charge < -0.3 is 10.2 Å². The van der Waals surface area contributed by atoms with Gasteiger partial charge in [0.05, 0.1) is 0 Å². The highest BCUT2D eigenvalue weighted by Gasteiger charge is 2.10. The maximum Gasteiger partial charge on any atom is 0.0431 e. The Kier molecular flexibility index (Phi) is 7.81. The molecule has 2 N–H and O–H groups in total. The Morgan fingerprint density at radius 3 is 1.64 bits per heavy atom. The van der Waals surface area contributed by atoms with E-state index >= 15 is 0 Å². The lowest BCUT2D eigenvalue weighted by atomic mass is 9.88. The average molecular weight is 200 g/mol. The first-order valence-electron chi connectivity index (χ1n) is 5.49. The molecule has 14 heavy (non-hydrogen) atoms. The molecule has 0 aromatic rings. The van der Waals surface area contributed by atoms with Gasteiger partial charge in [0.15, 0.2) is 0 Å². The standard InChI is InChI=1S/C12H24O2/c1-10(2)11(3)12(6-4-8-13)7-5-9-14/h12-14H,4-9H2,1-3H3. The van der Waals surface area contributed by atoms with E-state index in [1.807, 2.05) is 0 Å². The van der Waals surface area contributed by atoms with Crippen LogP contribution in [0.1, 0.15) is 46.5 Å². The summed E-state index contributed by atoms with van der Waals surface area (Å²) >= 11 is 0. The van der Waals surface area contributed by atoms with Crippen LogP contribution in [0.2, 0.25) is 0 Å². The van der Waals surface area contributed by atoms with Crippen LogP contribution in [0.3, 0.4) is 0 Å². The lowest BCUT2D eigenvalue weighted by Gasteiger charge is -2.18. The topological polar surface area (TPSA) is 40.5 Å². The number of aliphatic hydroxyl groups excluding tert-OH is 2. The van der Waals surface area contributed by atoms with Gasteiger partial charge in [0, 0.05) is 13.2 Å². The van der Waals surface area contributed by atoms with E-state index < -0.39 is 0 Å². The highest BCUT2D eigenvalue weighted by molar-refractivity contribution is 5.10. The summed E-state index contributed by atoms with van der Waals surface area (Å²) in [4.78, 5) is 0. The largest absolute Gasteiger partial charge is 0.396 e. The van der Waals surface area contributed by atoms with Crippen molar-refractivity contribution >= 4 is 0 Å². The third kappa shape index (κ3) is 5.40. The maximum absolute atomic E-state index is 8.80. The molecular weight excluding hydrogens is 176 g/mol. The molecule has 0 radical (unpaired) electrons. The molecule has 0 heterocycles. The third-order valence-corrected chi connectivity index (χ3v) is 2.82. The van der Waals surface area contributed by atoms with Crippen LogP contribution in [-0.4, -0.2) is 23.4 Å². The van der Waals surface area contributed by atoms with Gasteiger partial charge in [-0.1, -0.05) is 11.1 Å². The average Bonchev–Trinajstić information content (AvgIpc) is 2.17. The van der Waals surface area contributed by atoms with Crippen molar-refractivity contribution in [2.75, 3.05) is 13.2 Å². The van der Waals surface area contributed by atoms with Crippen LogP contribution >= 0.6 is 0 Å². The molecule has 0 aliphatic heterocycles. The van der Waals surface area contributed by atoms with Crippen molar-refractivity contribution in [3.8, 4) is 0 Å². The minimum atomic E-state index is 0.270. The molecule has 0 saturated carbocycles. The molecule has 0 rings (SSSR count). The lowest BCUT2D eigenvalue weighted by molar-refractivity contribution is 0.257. The van der Waals surface area contributed by atoms with Gasteiger partial charge >= 0.3 is 0 Å². The molecule has 0 aromatic heterocycles. The molecule has 2 heteroatoms. The Hall–Kier alpha value is -0.340. The van der Waals surface area contributed by atoms with Crippen molar-refractivity contribution in [1.82, 2.24) is 0 Å². The number of allylic oxidation sites excluding steroid dienone is 2. The molecule has 0 saturated heterocycles. The fraction of sp³-hybridized carbons (Fsp3) is 0.833. The van der Waals surface area contributed by atoms with Gasteiger partial charge in [-0.2, -0.15) is 0 Å². The third-order valence-electron chi connectivity index (χ3n) is 2.82. The number of rotatable bonds is 7. The first-order chi connectivity index (χ1) is 6.63. The second-order valence-corrected chi connectivity index (χ2v) is 4.11. The van der Waals surface area contributed by atoms with Gasteiger partial charge in [0.1, 0.15) is 0 Å². The van der Waals surface area contributed by atoms with E-state index in [1.54, 1.807) is 0 Å². The first kappa shape index (κ1) is 13.7. The zero-order valence-corrected chi connectivity index (χ0v) is 9.71. The van der Waals surface area contributed by atoms with Crippen LogP contribution in [0.5, 0.6) is 0 Å². The molecular formula is C12H24O2. The van der Waals surface area contributed by atoms with Gasteiger partial charge in [-0.05, 0) is 52.4 Å². The van der Waals surface area contributed by atoms with Crippen molar-refractivity contribution < 1.29 is 10.2 Å². The fourth-order valence-corrected chi connectivity index (χ4v) is 1.66. The molecule has 0 aromatic carbocycles. The number of hydrogen-bond donors (Lipinski definition) is 2. The summed E-state index contributed by atoms with van der Waals surface area (Å²) in [6, 6.07) is 0. The Balaban J connectivity index is 4.16. The zero-order chi connectivity index (χ0) is 11.0. The quantitative estimate of drug-likeness (QED) is 0.620. The molecule has 84 valence electrons. The Bertz CT molecular complexity index is 161. The van der Waals surface area contributed by atoms with Crippen LogP contribution in [0.15, 0.2) is 11.1 Å². The summed E-state index contributed by atoms with van der Waals surface area (Å²) in [7, 11) is 0. The number of hydrogen-bond acceptors (Lipinski definition) is 2. The predicted molar refractivity (Wildman–Crippen MR) is 60.2 cm³/mol.